The molecule has 3 aromatic carbocycles. The summed E-state index contributed by atoms with van der Waals surface area (Å²) < 4.78 is 22.3. The van der Waals surface area contributed by atoms with Crippen LogP contribution < -0.4 is 20.3 Å². The molecule has 0 saturated carbocycles. The molecule has 2 bridgehead atoms. The number of aromatic hydroxyl groups is 1. The lowest BCUT2D eigenvalue weighted by molar-refractivity contribution is -0.119. The van der Waals surface area contributed by atoms with Gasteiger partial charge in [-0.25, -0.2) is 4.39 Å². The molecule has 3 N–H and O–H groups in total. The number of halogens is 1. The minimum Gasteiger partial charge on any atom is -0.508 e. The molecule has 0 aliphatic carbocycles. The largest absolute Gasteiger partial charge is 0.508 e. The summed E-state index contributed by atoms with van der Waals surface area (Å²) in [5, 5.41) is 19.2. The fraction of sp³-hybridized carbons (Fsp3) is 0.345. The highest BCUT2D eigenvalue weighted by molar-refractivity contribution is 6.01. The van der Waals surface area contributed by atoms with E-state index >= 15 is 4.39 Å². The summed E-state index contributed by atoms with van der Waals surface area (Å²) in [6.07, 6.45) is 3.37. The molecular formula is C29H28FN5O3. The van der Waals surface area contributed by atoms with E-state index in [0.29, 0.717) is 47.3 Å². The van der Waals surface area contributed by atoms with Gasteiger partial charge in [0, 0.05) is 42.5 Å². The van der Waals surface area contributed by atoms with Crippen molar-refractivity contribution in [1.29, 1.82) is 0 Å². The molecule has 4 aromatic rings. The Kier molecular flexibility index (Phi) is 5.54. The number of hydrogen-bond donors (Lipinski definition) is 3. The zero-order chi connectivity index (χ0) is 25.8. The normalized spacial score (nSPS) is 22.8. The van der Waals surface area contributed by atoms with E-state index < -0.39 is 5.82 Å². The molecule has 3 saturated heterocycles. The third-order valence-electron chi connectivity index (χ3n) is 7.92. The van der Waals surface area contributed by atoms with Crippen molar-refractivity contribution in [2.75, 3.05) is 24.6 Å². The fourth-order valence-electron chi connectivity index (χ4n) is 6.10. The summed E-state index contributed by atoms with van der Waals surface area (Å²) in [4.78, 5) is 23.1. The van der Waals surface area contributed by atoms with Gasteiger partial charge in [0.05, 0.1) is 6.04 Å². The van der Waals surface area contributed by atoms with E-state index in [1.807, 2.05) is 30.3 Å². The molecule has 0 spiro atoms. The van der Waals surface area contributed by atoms with E-state index in [1.165, 1.54) is 0 Å². The minimum absolute atomic E-state index is 0.00374. The maximum atomic E-state index is 16.4. The van der Waals surface area contributed by atoms with Crippen LogP contribution in [0.15, 0.2) is 48.5 Å². The standard InChI is InChI=1S/C29H28FN5O3/c30-26-22(24-12-20(36)11-16-3-1-2-4-21(16)24)8-9-23-27(26)33-29(38-15-19-7-10-25(37)32-19)34-28(23)35-13-17-5-6-18(14-35)31-17/h1-4,8-9,11-12,17-19,31,36H,5-7,10,13-15H2,(H,32,37). The van der Waals surface area contributed by atoms with Crippen molar-refractivity contribution in [2.45, 2.75) is 43.8 Å². The van der Waals surface area contributed by atoms with Crippen LogP contribution >= 0.6 is 0 Å². The Morgan fingerprint density at radius 3 is 2.61 bits per heavy atom. The highest BCUT2D eigenvalue weighted by atomic mass is 19.1. The first-order chi connectivity index (χ1) is 18.5. The van der Waals surface area contributed by atoms with Crippen molar-refractivity contribution >= 4 is 33.4 Å². The van der Waals surface area contributed by atoms with Gasteiger partial charge in [0.25, 0.3) is 0 Å². The van der Waals surface area contributed by atoms with E-state index in [-0.39, 0.29) is 35.8 Å². The summed E-state index contributed by atoms with van der Waals surface area (Å²) >= 11 is 0. The van der Waals surface area contributed by atoms with Gasteiger partial charge < -0.3 is 25.4 Å². The quantitative estimate of drug-likeness (QED) is 0.372. The average molecular weight is 514 g/mol. The number of hydrogen-bond acceptors (Lipinski definition) is 7. The highest BCUT2D eigenvalue weighted by Crippen LogP contribution is 2.39. The van der Waals surface area contributed by atoms with Gasteiger partial charge in [-0.15, -0.1) is 0 Å². The Balaban J connectivity index is 1.35. The van der Waals surface area contributed by atoms with Crippen molar-refractivity contribution in [2.24, 2.45) is 0 Å². The van der Waals surface area contributed by atoms with Crippen LogP contribution in [0.2, 0.25) is 0 Å². The van der Waals surface area contributed by atoms with E-state index in [0.717, 1.165) is 36.7 Å². The zero-order valence-electron chi connectivity index (χ0n) is 20.8. The van der Waals surface area contributed by atoms with Gasteiger partial charge in [-0.1, -0.05) is 30.3 Å². The molecule has 38 heavy (non-hydrogen) atoms. The Bertz CT molecular complexity index is 1570. The van der Waals surface area contributed by atoms with Gasteiger partial charge in [-0.3, -0.25) is 4.79 Å². The first-order valence-electron chi connectivity index (χ1n) is 13.2. The number of nitrogens with zero attached hydrogens (tertiary/aromatic N) is 3. The molecular weight excluding hydrogens is 485 g/mol. The average Bonchev–Trinajstić information content (AvgIpc) is 3.50. The van der Waals surface area contributed by atoms with Crippen molar-refractivity contribution < 1.29 is 19.0 Å². The Morgan fingerprint density at radius 1 is 1.00 bits per heavy atom. The number of amides is 1. The summed E-state index contributed by atoms with van der Waals surface area (Å²) in [6.45, 7) is 1.78. The van der Waals surface area contributed by atoms with E-state index in [9.17, 15) is 9.90 Å². The topological polar surface area (TPSA) is 99.6 Å². The van der Waals surface area contributed by atoms with Crippen molar-refractivity contribution in [3.8, 4) is 22.9 Å². The second-order valence-electron chi connectivity index (χ2n) is 10.5. The van der Waals surface area contributed by atoms with Crippen LogP contribution in [0, 0.1) is 5.82 Å². The third-order valence-corrected chi connectivity index (χ3v) is 7.92. The molecule has 3 aliphatic rings. The molecule has 194 valence electrons. The molecule has 9 heteroatoms. The molecule has 7 rings (SSSR count). The van der Waals surface area contributed by atoms with E-state index in [1.54, 1.807) is 18.2 Å². The number of carbonyl (C=O) groups is 1. The van der Waals surface area contributed by atoms with Gasteiger partial charge in [0.1, 0.15) is 23.7 Å². The van der Waals surface area contributed by atoms with Gasteiger partial charge in [-0.05, 0) is 53.8 Å². The third kappa shape index (κ3) is 4.07. The second-order valence-corrected chi connectivity index (χ2v) is 10.5. The first-order valence-corrected chi connectivity index (χ1v) is 13.2. The summed E-state index contributed by atoms with van der Waals surface area (Å²) in [5.74, 6) is 0.244. The van der Waals surface area contributed by atoms with Crippen LogP contribution in [0.25, 0.3) is 32.8 Å². The highest BCUT2D eigenvalue weighted by Gasteiger charge is 2.34. The number of aromatic nitrogens is 2. The summed E-state index contributed by atoms with van der Waals surface area (Å²) in [6, 6.07) is 15.2. The zero-order valence-corrected chi connectivity index (χ0v) is 20.8. The van der Waals surface area contributed by atoms with E-state index in [2.05, 4.69) is 20.5 Å². The van der Waals surface area contributed by atoms with Crippen LogP contribution in [0.4, 0.5) is 10.2 Å². The number of carbonyl (C=O) groups excluding carboxylic acids is 1. The Morgan fingerprint density at radius 2 is 1.82 bits per heavy atom. The predicted octanol–water partition coefficient (Wildman–Crippen LogP) is 3.89. The molecule has 4 heterocycles. The lowest BCUT2D eigenvalue weighted by Gasteiger charge is -2.34. The predicted molar refractivity (Wildman–Crippen MR) is 143 cm³/mol. The second kappa shape index (κ2) is 9.09. The van der Waals surface area contributed by atoms with Crippen molar-refractivity contribution in [3.05, 3.63) is 54.3 Å². The maximum absolute atomic E-state index is 16.4. The van der Waals surface area contributed by atoms with Crippen LogP contribution in [-0.2, 0) is 4.79 Å². The fourth-order valence-corrected chi connectivity index (χ4v) is 6.10. The monoisotopic (exact) mass is 513 g/mol. The number of benzene rings is 3. The Hall–Kier alpha value is -3.98. The molecule has 1 aromatic heterocycles. The van der Waals surface area contributed by atoms with Crippen LogP contribution in [0.3, 0.4) is 0 Å². The van der Waals surface area contributed by atoms with Crippen molar-refractivity contribution in [1.82, 2.24) is 20.6 Å². The number of nitrogens with one attached hydrogen (secondary N) is 2. The first kappa shape index (κ1) is 23.2. The number of phenols is 1. The van der Waals surface area contributed by atoms with Gasteiger partial charge >= 0.3 is 6.01 Å². The molecule has 3 atom stereocenters. The molecule has 3 aliphatic heterocycles. The SMILES string of the molecule is O=C1CCC(COc2nc(N3CC4CCC(C3)N4)c3ccc(-c4cc(O)cc5ccccc45)c(F)c3n2)N1. The summed E-state index contributed by atoms with van der Waals surface area (Å²) in [5.41, 5.74) is 1.12. The molecule has 0 radical (unpaired) electrons. The van der Waals surface area contributed by atoms with Gasteiger partial charge in [-0.2, -0.15) is 9.97 Å². The van der Waals surface area contributed by atoms with Crippen molar-refractivity contribution in [3.63, 3.8) is 0 Å². The molecule has 1 amide bonds. The minimum atomic E-state index is -0.487. The van der Waals surface area contributed by atoms with Gasteiger partial charge in [0.15, 0.2) is 5.82 Å². The number of fused-ring (bicyclic) bond motifs is 4. The number of rotatable bonds is 5. The number of ether oxygens (including phenoxy) is 1. The van der Waals surface area contributed by atoms with Crippen LogP contribution in [0.5, 0.6) is 11.8 Å². The molecule has 3 unspecified atom stereocenters. The molecule has 8 nitrogen and oxygen atoms in total. The number of anilines is 1. The molecule has 3 fully saturated rings. The Labute approximate surface area is 218 Å². The lowest BCUT2D eigenvalue weighted by atomic mass is 9.96. The smallest absolute Gasteiger partial charge is 0.319 e. The number of piperazine rings is 1. The van der Waals surface area contributed by atoms with Gasteiger partial charge in [0.2, 0.25) is 5.91 Å². The van der Waals surface area contributed by atoms with E-state index in [4.69, 9.17) is 9.72 Å². The number of phenolic OH excluding ortho intramolecular Hbond substituents is 1. The van der Waals surface area contributed by atoms with Crippen LogP contribution in [-0.4, -0.2) is 58.8 Å². The lowest BCUT2D eigenvalue weighted by Crippen LogP contribution is -2.51. The maximum Gasteiger partial charge on any atom is 0.319 e. The van der Waals surface area contributed by atoms with Crippen LogP contribution in [0.1, 0.15) is 25.7 Å². The summed E-state index contributed by atoms with van der Waals surface area (Å²) in [7, 11) is 0.